The van der Waals surface area contributed by atoms with Gasteiger partial charge in [-0.1, -0.05) is 12.8 Å². The van der Waals surface area contributed by atoms with Crippen molar-refractivity contribution in [1.82, 2.24) is 10.2 Å². The number of amides is 2. The van der Waals surface area contributed by atoms with Gasteiger partial charge in [-0.3, -0.25) is 0 Å². The summed E-state index contributed by atoms with van der Waals surface area (Å²) >= 11 is 0. The summed E-state index contributed by atoms with van der Waals surface area (Å²) in [5.41, 5.74) is 1.34. The Morgan fingerprint density at radius 1 is 1.23 bits per heavy atom. The van der Waals surface area contributed by atoms with E-state index in [9.17, 15) is 9.18 Å². The van der Waals surface area contributed by atoms with Gasteiger partial charge in [0.25, 0.3) is 0 Å². The SMILES string of the molecule is O=C(NCc1cc(F)cc2c1OCOC2)N1CCCCCC1. The Bertz CT molecular complexity index is 542. The maximum atomic E-state index is 13.7. The lowest BCUT2D eigenvalue weighted by Gasteiger charge is -2.23. The third-order valence-electron chi connectivity index (χ3n) is 4.08. The second-order valence-electron chi connectivity index (χ2n) is 5.72. The molecule has 0 atom stereocenters. The highest BCUT2D eigenvalue weighted by atomic mass is 19.1. The standard InChI is InChI=1S/C16H21FN2O3/c17-14-7-12(15-13(8-14)10-21-11-22-15)9-18-16(20)19-5-3-1-2-4-6-19/h7-8H,1-6,9-11H2,(H,18,20). The summed E-state index contributed by atoms with van der Waals surface area (Å²) in [5, 5.41) is 2.87. The first-order valence-corrected chi connectivity index (χ1v) is 7.78. The first kappa shape index (κ1) is 15.1. The van der Waals surface area contributed by atoms with E-state index < -0.39 is 0 Å². The molecule has 1 aromatic rings. The largest absolute Gasteiger partial charge is 0.467 e. The van der Waals surface area contributed by atoms with Crippen LogP contribution in [0, 0.1) is 5.82 Å². The molecule has 1 aromatic carbocycles. The minimum atomic E-state index is -0.341. The van der Waals surface area contributed by atoms with Gasteiger partial charge in [-0.25, -0.2) is 9.18 Å². The Balaban J connectivity index is 1.65. The van der Waals surface area contributed by atoms with Crippen LogP contribution in [-0.2, 0) is 17.9 Å². The molecule has 1 fully saturated rings. The third-order valence-corrected chi connectivity index (χ3v) is 4.08. The third kappa shape index (κ3) is 3.50. The van der Waals surface area contributed by atoms with Crippen molar-refractivity contribution in [3.05, 3.63) is 29.1 Å². The monoisotopic (exact) mass is 308 g/mol. The van der Waals surface area contributed by atoms with Crippen molar-refractivity contribution in [2.75, 3.05) is 19.9 Å². The van der Waals surface area contributed by atoms with E-state index in [0.29, 0.717) is 23.5 Å². The topological polar surface area (TPSA) is 50.8 Å². The predicted octanol–water partition coefficient (Wildman–Crippen LogP) is 2.78. The lowest BCUT2D eigenvalue weighted by atomic mass is 10.1. The number of urea groups is 1. The Morgan fingerprint density at radius 3 is 2.77 bits per heavy atom. The quantitative estimate of drug-likeness (QED) is 0.914. The lowest BCUT2D eigenvalue weighted by Crippen LogP contribution is -2.40. The molecule has 0 spiro atoms. The number of carbonyl (C=O) groups excluding carboxylic acids is 1. The van der Waals surface area contributed by atoms with Crippen molar-refractivity contribution in [2.45, 2.75) is 38.8 Å². The van der Waals surface area contributed by atoms with Gasteiger partial charge in [0.05, 0.1) is 6.61 Å². The van der Waals surface area contributed by atoms with Crippen molar-refractivity contribution in [3.8, 4) is 5.75 Å². The predicted molar refractivity (Wildman–Crippen MR) is 79.0 cm³/mol. The van der Waals surface area contributed by atoms with Gasteiger partial charge in [-0.05, 0) is 25.0 Å². The summed E-state index contributed by atoms with van der Waals surface area (Å²) in [7, 11) is 0. The van der Waals surface area contributed by atoms with E-state index in [4.69, 9.17) is 9.47 Å². The number of carbonyl (C=O) groups is 1. The number of nitrogens with one attached hydrogen (secondary N) is 1. The van der Waals surface area contributed by atoms with Crippen LogP contribution in [-0.4, -0.2) is 30.8 Å². The van der Waals surface area contributed by atoms with Gasteiger partial charge < -0.3 is 19.7 Å². The lowest BCUT2D eigenvalue weighted by molar-refractivity contribution is -0.0173. The second-order valence-corrected chi connectivity index (χ2v) is 5.72. The molecule has 0 radical (unpaired) electrons. The molecule has 0 saturated carbocycles. The summed E-state index contributed by atoms with van der Waals surface area (Å²) in [6.45, 7) is 2.33. The van der Waals surface area contributed by atoms with E-state index >= 15 is 0 Å². The number of rotatable bonds is 2. The van der Waals surface area contributed by atoms with Gasteiger partial charge in [-0.2, -0.15) is 0 Å². The highest BCUT2D eigenvalue weighted by molar-refractivity contribution is 5.74. The molecule has 1 saturated heterocycles. The molecule has 5 nitrogen and oxygen atoms in total. The van der Waals surface area contributed by atoms with Gasteiger partial charge in [-0.15, -0.1) is 0 Å². The van der Waals surface area contributed by atoms with Crippen molar-refractivity contribution < 1.29 is 18.7 Å². The van der Waals surface area contributed by atoms with E-state index in [0.717, 1.165) is 25.9 Å². The van der Waals surface area contributed by atoms with Crippen LogP contribution in [0.1, 0.15) is 36.8 Å². The Labute approximate surface area is 129 Å². The van der Waals surface area contributed by atoms with Crippen molar-refractivity contribution in [2.24, 2.45) is 0 Å². The van der Waals surface area contributed by atoms with E-state index in [1.54, 1.807) is 0 Å². The van der Waals surface area contributed by atoms with Crippen LogP contribution in [0.3, 0.4) is 0 Å². The molecule has 22 heavy (non-hydrogen) atoms. The Morgan fingerprint density at radius 2 is 2.00 bits per heavy atom. The van der Waals surface area contributed by atoms with Gasteiger partial charge in [0, 0.05) is 30.8 Å². The molecule has 1 N–H and O–H groups in total. The summed E-state index contributed by atoms with van der Waals surface area (Å²) in [6, 6.07) is 2.73. The molecule has 3 rings (SSSR count). The molecule has 2 aliphatic heterocycles. The van der Waals surface area contributed by atoms with Crippen LogP contribution in [0.4, 0.5) is 9.18 Å². The summed E-state index contributed by atoms with van der Waals surface area (Å²) in [5.74, 6) is 0.288. The summed E-state index contributed by atoms with van der Waals surface area (Å²) in [6.07, 6.45) is 4.44. The molecule has 2 heterocycles. The highest BCUT2D eigenvalue weighted by Gasteiger charge is 2.19. The Hall–Kier alpha value is -1.82. The van der Waals surface area contributed by atoms with E-state index in [2.05, 4.69) is 5.32 Å². The van der Waals surface area contributed by atoms with E-state index in [-0.39, 0.29) is 25.2 Å². The molecule has 0 aromatic heterocycles. The van der Waals surface area contributed by atoms with Crippen molar-refractivity contribution >= 4 is 6.03 Å². The fraction of sp³-hybridized carbons (Fsp3) is 0.562. The Kier molecular flexibility index (Phi) is 4.77. The number of fused-ring (bicyclic) bond motifs is 1. The number of hydrogen-bond acceptors (Lipinski definition) is 3. The first-order chi connectivity index (χ1) is 10.7. The molecule has 6 heteroatoms. The molecule has 0 aliphatic carbocycles. The number of benzene rings is 1. The minimum Gasteiger partial charge on any atom is -0.467 e. The first-order valence-electron chi connectivity index (χ1n) is 7.78. The van der Waals surface area contributed by atoms with Gasteiger partial charge in [0.15, 0.2) is 6.79 Å². The smallest absolute Gasteiger partial charge is 0.317 e. The molecule has 2 amide bonds. The normalized spacial score (nSPS) is 18.1. The molecule has 0 unspecified atom stereocenters. The van der Waals surface area contributed by atoms with Crippen LogP contribution in [0.2, 0.25) is 0 Å². The highest BCUT2D eigenvalue weighted by Crippen LogP contribution is 2.29. The maximum absolute atomic E-state index is 13.7. The summed E-state index contributed by atoms with van der Waals surface area (Å²) in [4.78, 5) is 14.1. The van der Waals surface area contributed by atoms with Crippen molar-refractivity contribution in [3.63, 3.8) is 0 Å². The average molecular weight is 308 g/mol. The zero-order chi connectivity index (χ0) is 15.4. The molecular weight excluding hydrogens is 287 g/mol. The molecular formula is C16H21FN2O3. The zero-order valence-corrected chi connectivity index (χ0v) is 12.6. The maximum Gasteiger partial charge on any atom is 0.317 e. The number of ether oxygens (including phenoxy) is 2. The molecule has 120 valence electrons. The van der Waals surface area contributed by atoms with Gasteiger partial charge in [0.1, 0.15) is 11.6 Å². The van der Waals surface area contributed by atoms with Crippen LogP contribution in [0.15, 0.2) is 12.1 Å². The zero-order valence-electron chi connectivity index (χ0n) is 12.6. The average Bonchev–Trinajstić information content (AvgIpc) is 2.81. The second kappa shape index (κ2) is 6.96. The summed E-state index contributed by atoms with van der Waals surface area (Å²) < 4.78 is 24.3. The number of halogens is 1. The van der Waals surface area contributed by atoms with Gasteiger partial charge >= 0.3 is 6.03 Å². The van der Waals surface area contributed by atoms with Gasteiger partial charge in [0.2, 0.25) is 0 Å². The van der Waals surface area contributed by atoms with E-state index in [1.807, 2.05) is 4.90 Å². The fourth-order valence-electron chi connectivity index (χ4n) is 2.94. The van der Waals surface area contributed by atoms with E-state index in [1.165, 1.54) is 25.0 Å². The molecule has 0 bridgehead atoms. The fourth-order valence-corrected chi connectivity index (χ4v) is 2.94. The minimum absolute atomic E-state index is 0.0908. The number of hydrogen-bond donors (Lipinski definition) is 1. The van der Waals surface area contributed by atoms with Crippen LogP contribution in [0.5, 0.6) is 5.75 Å². The van der Waals surface area contributed by atoms with Crippen LogP contribution in [0.25, 0.3) is 0 Å². The van der Waals surface area contributed by atoms with Crippen molar-refractivity contribution in [1.29, 1.82) is 0 Å². The number of likely N-dealkylation sites (tertiary alicyclic amines) is 1. The van der Waals surface area contributed by atoms with Crippen LogP contribution < -0.4 is 10.1 Å². The van der Waals surface area contributed by atoms with Crippen LogP contribution >= 0.6 is 0 Å². The number of nitrogens with zero attached hydrogens (tertiary/aromatic N) is 1. The molecule has 2 aliphatic rings.